The Morgan fingerprint density at radius 2 is 2.16 bits per heavy atom. The number of sulfone groups is 1. The number of rotatable bonds is 2. The summed E-state index contributed by atoms with van der Waals surface area (Å²) in [7, 11) is -3.37. The van der Waals surface area contributed by atoms with Gasteiger partial charge in [-0.3, -0.25) is 0 Å². The van der Waals surface area contributed by atoms with Crippen LogP contribution in [0.25, 0.3) is 21.5 Å². The van der Waals surface area contributed by atoms with E-state index in [1.807, 2.05) is 23.6 Å². The number of halogens is 1. The van der Waals surface area contributed by atoms with Gasteiger partial charge < -0.3 is 0 Å². The Hall–Kier alpha value is -1.25. The zero-order valence-electron chi connectivity index (χ0n) is 9.71. The van der Waals surface area contributed by atoms with Crippen LogP contribution in [0, 0.1) is 0 Å². The number of nitrogens with one attached hydrogen (secondary N) is 1. The summed E-state index contributed by atoms with van der Waals surface area (Å²) in [5.74, 6) is 0.393. The molecule has 0 aliphatic carbocycles. The summed E-state index contributed by atoms with van der Waals surface area (Å²) in [6.07, 6.45) is 1.10. The minimum absolute atomic E-state index is 0.114. The first-order valence-corrected chi connectivity index (χ1v) is 8.81. The minimum Gasteiger partial charge on any atom is -0.249 e. The second-order valence-corrected chi connectivity index (χ2v) is 7.78. The fraction of sp³-hybridized carbons (Fsp3) is 0.0909. The van der Waals surface area contributed by atoms with Crippen LogP contribution < -0.4 is 0 Å². The molecule has 98 valence electrons. The number of thiophene rings is 1. The third-order valence-corrected chi connectivity index (χ3v) is 4.93. The van der Waals surface area contributed by atoms with Crippen LogP contribution in [-0.2, 0) is 9.84 Å². The third-order valence-electron chi connectivity index (χ3n) is 2.59. The largest absolute Gasteiger partial charge is 0.249 e. The summed E-state index contributed by atoms with van der Waals surface area (Å²) in [5.41, 5.74) is 0.826. The number of aromatic amines is 1. The van der Waals surface area contributed by atoms with E-state index in [0.29, 0.717) is 5.82 Å². The van der Waals surface area contributed by atoms with E-state index in [4.69, 9.17) is 0 Å². The Morgan fingerprint density at radius 1 is 1.37 bits per heavy atom. The molecule has 3 rings (SSSR count). The van der Waals surface area contributed by atoms with Gasteiger partial charge >= 0.3 is 0 Å². The highest BCUT2D eigenvalue weighted by molar-refractivity contribution is 9.10. The third kappa shape index (κ3) is 2.31. The van der Waals surface area contributed by atoms with Gasteiger partial charge in [0.1, 0.15) is 0 Å². The molecule has 3 aromatic rings. The molecule has 0 saturated heterocycles. The first-order valence-electron chi connectivity index (χ1n) is 5.25. The number of aromatic nitrogens is 3. The molecule has 0 unspecified atom stereocenters. The molecule has 0 spiro atoms. The molecule has 0 aliphatic heterocycles. The van der Waals surface area contributed by atoms with E-state index in [2.05, 4.69) is 31.1 Å². The van der Waals surface area contributed by atoms with Gasteiger partial charge in [-0.25, -0.2) is 13.5 Å². The Kier molecular flexibility index (Phi) is 2.95. The molecule has 8 heteroatoms. The molecular formula is C11H8BrN3O2S2. The lowest BCUT2D eigenvalue weighted by atomic mass is 10.2. The maximum atomic E-state index is 11.4. The van der Waals surface area contributed by atoms with E-state index < -0.39 is 9.84 Å². The number of fused-ring (bicyclic) bond motifs is 1. The molecule has 0 atom stereocenters. The van der Waals surface area contributed by atoms with E-state index in [-0.39, 0.29) is 5.16 Å². The second-order valence-electron chi connectivity index (χ2n) is 4.03. The lowest BCUT2D eigenvalue weighted by Crippen LogP contribution is -1.99. The minimum atomic E-state index is -3.37. The lowest BCUT2D eigenvalue weighted by molar-refractivity contribution is 0.594. The monoisotopic (exact) mass is 357 g/mol. The van der Waals surface area contributed by atoms with Crippen molar-refractivity contribution in [3.8, 4) is 11.4 Å². The number of benzene rings is 1. The Bertz CT molecular complexity index is 867. The standard InChI is InChI=1S/C11H8BrN3O2S2/c1-19(16,17)11-13-10(14-15-11)8-5-18-9-3-2-6(12)4-7(8)9/h2-5H,1H3,(H,13,14,15). The highest BCUT2D eigenvalue weighted by Gasteiger charge is 2.16. The van der Waals surface area contributed by atoms with Crippen molar-refractivity contribution in [3.05, 3.63) is 28.1 Å². The molecule has 0 fully saturated rings. The zero-order chi connectivity index (χ0) is 13.6. The van der Waals surface area contributed by atoms with Gasteiger partial charge in [0, 0.05) is 31.8 Å². The highest BCUT2D eigenvalue weighted by atomic mass is 79.9. The Morgan fingerprint density at radius 3 is 2.84 bits per heavy atom. The van der Waals surface area contributed by atoms with Crippen LogP contribution >= 0.6 is 27.3 Å². The van der Waals surface area contributed by atoms with E-state index in [1.54, 1.807) is 11.3 Å². The van der Waals surface area contributed by atoms with Gasteiger partial charge in [0.25, 0.3) is 0 Å². The number of nitrogens with zero attached hydrogens (tertiary/aromatic N) is 2. The van der Waals surface area contributed by atoms with Crippen molar-refractivity contribution in [1.29, 1.82) is 0 Å². The fourth-order valence-electron chi connectivity index (χ4n) is 1.71. The van der Waals surface area contributed by atoms with Crippen molar-refractivity contribution in [2.75, 3.05) is 6.26 Å². The highest BCUT2D eigenvalue weighted by Crippen LogP contribution is 2.34. The number of hydrogen-bond acceptors (Lipinski definition) is 5. The number of H-pyrrole nitrogens is 1. The average molecular weight is 358 g/mol. The van der Waals surface area contributed by atoms with Crippen molar-refractivity contribution >= 4 is 47.2 Å². The van der Waals surface area contributed by atoms with Gasteiger partial charge in [-0.15, -0.1) is 11.3 Å². The molecular weight excluding hydrogens is 350 g/mol. The number of hydrogen-bond donors (Lipinski definition) is 1. The summed E-state index contributed by atoms with van der Waals surface area (Å²) in [6, 6.07) is 5.93. The lowest BCUT2D eigenvalue weighted by Gasteiger charge is -1.94. The molecule has 1 N–H and O–H groups in total. The van der Waals surface area contributed by atoms with Crippen molar-refractivity contribution in [2.24, 2.45) is 0 Å². The van der Waals surface area contributed by atoms with Crippen LogP contribution in [-0.4, -0.2) is 29.9 Å². The first kappa shape index (κ1) is 12.8. The topological polar surface area (TPSA) is 75.7 Å². The molecule has 5 nitrogen and oxygen atoms in total. The summed E-state index contributed by atoms with van der Waals surface area (Å²) in [4.78, 5) is 4.04. The summed E-state index contributed by atoms with van der Waals surface area (Å²) in [6.45, 7) is 0. The van der Waals surface area contributed by atoms with Crippen molar-refractivity contribution < 1.29 is 8.42 Å². The molecule has 2 aromatic heterocycles. The van der Waals surface area contributed by atoms with Crippen molar-refractivity contribution in [1.82, 2.24) is 15.2 Å². The van der Waals surface area contributed by atoms with E-state index in [0.717, 1.165) is 26.4 Å². The SMILES string of the molecule is CS(=O)(=O)c1nc(-c2csc3ccc(Br)cc23)n[nH]1. The molecule has 0 amide bonds. The van der Waals surface area contributed by atoms with Crippen LogP contribution in [0.5, 0.6) is 0 Å². The van der Waals surface area contributed by atoms with Gasteiger partial charge in [0.15, 0.2) is 5.82 Å². The normalized spacial score (nSPS) is 12.1. The van der Waals surface area contributed by atoms with Gasteiger partial charge in [-0.1, -0.05) is 15.9 Å². The summed E-state index contributed by atoms with van der Waals surface area (Å²) < 4.78 is 24.8. The average Bonchev–Trinajstić information content (AvgIpc) is 2.92. The Labute approximate surface area is 121 Å². The van der Waals surface area contributed by atoms with Crippen LogP contribution in [0.4, 0.5) is 0 Å². The molecule has 2 heterocycles. The van der Waals surface area contributed by atoms with E-state index in [1.165, 1.54) is 0 Å². The first-order chi connectivity index (χ1) is 8.95. The molecule has 0 aliphatic rings. The maximum absolute atomic E-state index is 11.4. The quantitative estimate of drug-likeness (QED) is 0.764. The second kappa shape index (κ2) is 4.39. The Balaban J connectivity index is 2.19. The fourth-order valence-corrected chi connectivity index (χ4v) is 3.45. The molecule has 0 radical (unpaired) electrons. The van der Waals surface area contributed by atoms with Gasteiger partial charge in [0.2, 0.25) is 15.0 Å². The van der Waals surface area contributed by atoms with Crippen LogP contribution in [0.3, 0.4) is 0 Å². The molecule has 19 heavy (non-hydrogen) atoms. The zero-order valence-corrected chi connectivity index (χ0v) is 12.9. The molecule has 1 aromatic carbocycles. The van der Waals surface area contributed by atoms with Gasteiger partial charge in [-0.05, 0) is 18.2 Å². The smallest absolute Gasteiger partial charge is 0.243 e. The van der Waals surface area contributed by atoms with Crippen molar-refractivity contribution in [2.45, 2.75) is 5.16 Å². The maximum Gasteiger partial charge on any atom is 0.243 e. The molecule has 0 saturated carbocycles. The predicted molar refractivity (Wildman–Crippen MR) is 78.0 cm³/mol. The summed E-state index contributed by atoms with van der Waals surface area (Å²) in [5, 5.41) is 9.25. The summed E-state index contributed by atoms with van der Waals surface area (Å²) >= 11 is 4.99. The van der Waals surface area contributed by atoms with E-state index in [9.17, 15) is 8.42 Å². The van der Waals surface area contributed by atoms with E-state index >= 15 is 0 Å². The van der Waals surface area contributed by atoms with Crippen LogP contribution in [0.15, 0.2) is 33.2 Å². The molecule has 0 bridgehead atoms. The van der Waals surface area contributed by atoms with Crippen LogP contribution in [0.2, 0.25) is 0 Å². The van der Waals surface area contributed by atoms with Crippen molar-refractivity contribution in [3.63, 3.8) is 0 Å². The predicted octanol–water partition coefficient (Wildman–Crippen LogP) is 2.85. The van der Waals surface area contributed by atoms with Crippen LogP contribution in [0.1, 0.15) is 0 Å². The van der Waals surface area contributed by atoms with Gasteiger partial charge in [0.05, 0.1) is 0 Å². The van der Waals surface area contributed by atoms with Gasteiger partial charge in [-0.2, -0.15) is 10.1 Å².